The van der Waals surface area contributed by atoms with Gasteiger partial charge in [-0.05, 0) is 43.4 Å². The topological polar surface area (TPSA) is 66.5 Å². The van der Waals surface area contributed by atoms with Crippen molar-refractivity contribution in [1.82, 2.24) is 10.3 Å². The number of benzene rings is 2. The van der Waals surface area contributed by atoms with Crippen molar-refractivity contribution in [3.05, 3.63) is 63.8 Å². The fourth-order valence-electron chi connectivity index (χ4n) is 4.04. The van der Waals surface area contributed by atoms with Gasteiger partial charge in [-0.2, -0.15) is 0 Å². The number of Topliss-reactive ketones (excluding diaryl/α,β-unsaturated/α-hetero) is 1. The van der Waals surface area contributed by atoms with Gasteiger partial charge in [-0.1, -0.05) is 29.3 Å². The molecule has 2 aliphatic rings. The molecule has 1 saturated heterocycles. The number of hydrogen-bond acceptors (Lipinski definition) is 4. The summed E-state index contributed by atoms with van der Waals surface area (Å²) in [5.41, 5.74) is 2.42. The van der Waals surface area contributed by atoms with Gasteiger partial charge >= 0.3 is 0 Å². The number of carbonyl (C=O) groups excluding carboxylic acids is 1. The molecule has 0 saturated carbocycles. The summed E-state index contributed by atoms with van der Waals surface area (Å²) in [5.74, 6) is -0.125. The van der Waals surface area contributed by atoms with E-state index in [4.69, 9.17) is 27.9 Å². The first-order chi connectivity index (χ1) is 13.6. The van der Waals surface area contributed by atoms with Gasteiger partial charge in [-0.25, -0.2) is 4.99 Å². The van der Waals surface area contributed by atoms with Crippen LogP contribution in [0.5, 0.6) is 0 Å². The largest absolute Gasteiger partial charge is 0.463 e. The molecule has 1 fully saturated rings. The number of rotatable bonds is 2. The lowest BCUT2D eigenvalue weighted by atomic mass is 9.83. The van der Waals surface area contributed by atoms with Crippen LogP contribution < -0.4 is 5.32 Å². The molecule has 3 heterocycles. The van der Waals surface area contributed by atoms with E-state index in [2.05, 4.69) is 15.3 Å². The quantitative estimate of drug-likeness (QED) is 0.581. The highest BCUT2D eigenvalue weighted by atomic mass is 35.5. The van der Waals surface area contributed by atoms with Crippen LogP contribution in [0.3, 0.4) is 0 Å². The lowest BCUT2D eigenvalue weighted by molar-refractivity contribution is 0.0155. The number of nitrogens with one attached hydrogen (secondary N) is 2. The Morgan fingerprint density at radius 3 is 2.64 bits per heavy atom. The molecular formula is C21H17Cl2N3O2. The number of halogens is 2. The van der Waals surface area contributed by atoms with Crippen LogP contribution in [-0.4, -0.2) is 29.8 Å². The molecular weight excluding hydrogens is 397 g/mol. The Hall–Kier alpha value is -2.34. The zero-order valence-corrected chi connectivity index (χ0v) is 16.4. The van der Waals surface area contributed by atoms with Gasteiger partial charge in [-0.15, -0.1) is 0 Å². The second-order valence-electron chi connectivity index (χ2n) is 7.15. The van der Waals surface area contributed by atoms with Gasteiger partial charge in [0.2, 0.25) is 5.78 Å². The van der Waals surface area contributed by atoms with Crippen LogP contribution >= 0.6 is 23.2 Å². The highest BCUT2D eigenvalue weighted by Crippen LogP contribution is 2.44. The Bertz CT molecular complexity index is 1130. The Kier molecular flexibility index (Phi) is 4.19. The van der Waals surface area contributed by atoms with Crippen LogP contribution in [0.2, 0.25) is 10.0 Å². The minimum atomic E-state index is -0.590. The third kappa shape index (κ3) is 2.82. The zero-order chi connectivity index (χ0) is 19.3. The first-order valence-corrected chi connectivity index (χ1v) is 9.91. The summed E-state index contributed by atoms with van der Waals surface area (Å²) in [4.78, 5) is 21.0. The van der Waals surface area contributed by atoms with Crippen molar-refractivity contribution in [2.45, 2.75) is 18.4 Å². The molecule has 2 aliphatic heterocycles. The van der Waals surface area contributed by atoms with E-state index in [1.807, 2.05) is 18.2 Å². The van der Waals surface area contributed by atoms with Gasteiger partial charge in [0.05, 0.1) is 11.3 Å². The number of fused-ring (bicyclic) bond motifs is 3. The van der Waals surface area contributed by atoms with Crippen LogP contribution in [-0.2, 0) is 10.3 Å². The molecule has 2 aromatic carbocycles. The number of aromatic amines is 1. The maximum absolute atomic E-state index is 13.3. The number of piperidine rings is 1. The Labute approximate surface area is 171 Å². The molecule has 5 rings (SSSR count). The Morgan fingerprint density at radius 1 is 1.07 bits per heavy atom. The molecule has 0 aliphatic carbocycles. The van der Waals surface area contributed by atoms with E-state index in [1.165, 1.54) is 0 Å². The number of ether oxygens (including phenoxy) is 1. The summed E-state index contributed by atoms with van der Waals surface area (Å²) in [6, 6.07) is 10.9. The second kappa shape index (κ2) is 6.62. The number of nitrogens with zero attached hydrogens (tertiary/aromatic N) is 1. The molecule has 7 heteroatoms. The van der Waals surface area contributed by atoms with Crippen molar-refractivity contribution < 1.29 is 9.53 Å². The average molecular weight is 414 g/mol. The maximum Gasteiger partial charge on any atom is 0.264 e. The summed E-state index contributed by atoms with van der Waals surface area (Å²) in [7, 11) is 0. The first kappa shape index (κ1) is 17.7. The molecule has 2 N–H and O–H groups in total. The third-order valence-electron chi connectivity index (χ3n) is 5.46. The third-order valence-corrected chi connectivity index (χ3v) is 5.93. The molecule has 0 unspecified atom stereocenters. The molecule has 28 heavy (non-hydrogen) atoms. The van der Waals surface area contributed by atoms with Gasteiger partial charge in [0.1, 0.15) is 5.60 Å². The summed E-state index contributed by atoms with van der Waals surface area (Å²) >= 11 is 12.3. The predicted octanol–water partition coefficient (Wildman–Crippen LogP) is 5.00. The molecule has 0 radical (unpaired) electrons. The standard InChI is InChI=1S/C21H17Cl2N3O2/c22-12-2-4-17-16(9-12)21(5-7-24-8-6-21)28-20(26-17)19(27)15-11-25-18-10-13(23)1-3-14(15)18/h1-4,9-11,24-25H,5-8H2. The van der Waals surface area contributed by atoms with Crippen LogP contribution in [0, 0.1) is 0 Å². The minimum absolute atomic E-state index is 0.118. The number of aromatic nitrogens is 1. The molecule has 0 amide bonds. The zero-order valence-electron chi connectivity index (χ0n) is 14.9. The SMILES string of the molecule is O=C(C1=Nc2ccc(Cl)cc2C2(CCNCC2)O1)c1c[nH]c2cc(Cl)ccc12. The number of ketones is 1. The van der Waals surface area contributed by atoms with E-state index in [1.54, 1.807) is 24.4 Å². The van der Waals surface area contributed by atoms with Crippen molar-refractivity contribution in [1.29, 1.82) is 0 Å². The molecule has 0 bridgehead atoms. The van der Waals surface area contributed by atoms with Gasteiger partial charge < -0.3 is 15.0 Å². The van der Waals surface area contributed by atoms with Crippen molar-refractivity contribution in [3.63, 3.8) is 0 Å². The van der Waals surface area contributed by atoms with Crippen molar-refractivity contribution in [3.8, 4) is 0 Å². The van der Waals surface area contributed by atoms with Crippen LogP contribution in [0.25, 0.3) is 10.9 Å². The van der Waals surface area contributed by atoms with Crippen LogP contribution in [0.1, 0.15) is 28.8 Å². The molecule has 0 atom stereocenters. The molecule has 5 nitrogen and oxygen atoms in total. The fourth-order valence-corrected chi connectivity index (χ4v) is 4.39. The van der Waals surface area contributed by atoms with E-state index < -0.39 is 5.60 Å². The fraction of sp³-hybridized carbons (Fsp3) is 0.238. The normalized spacial score (nSPS) is 17.9. The van der Waals surface area contributed by atoms with Gasteiger partial charge in [0, 0.05) is 45.6 Å². The number of H-pyrrole nitrogens is 1. The van der Waals surface area contributed by atoms with Crippen molar-refractivity contribution in [2.75, 3.05) is 13.1 Å². The minimum Gasteiger partial charge on any atom is -0.463 e. The van der Waals surface area contributed by atoms with Crippen LogP contribution in [0.4, 0.5) is 5.69 Å². The van der Waals surface area contributed by atoms with Crippen molar-refractivity contribution in [2.24, 2.45) is 4.99 Å². The smallest absolute Gasteiger partial charge is 0.264 e. The first-order valence-electron chi connectivity index (χ1n) is 9.16. The molecule has 142 valence electrons. The Morgan fingerprint density at radius 2 is 1.82 bits per heavy atom. The van der Waals surface area contributed by atoms with Crippen molar-refractivity contribution >= 4 is 51.5 Å². The van der Waals surface area contributed by atoms with Gasteiger partial charge in [-0.3, -0.25) is 4.79 Å². The van der Waals surface area contributed by atoms with E-state index in [-0.39, 0.29) is 11.7 Å². The number of aliphatic imine (C=N–C) groups is 1. The molecule has 3 aromatic rings. The summed E-state index contributed by atoms with van der Waals surface area (Å²) in [5, 5.41) is 5.39. The summed E-state index contributed by atoms with van der Waals surface area (Å²) < 4.78 is 6.32. The molecule has 1 aromatic heterocycles. The molecule has 1 spiro atoms. The van der Waals surface area contributed by atoms with E-state index in [0.717, 1.165) is 48.1 Å². The van der Waals surface area contributed by atoms with E-state index in [0.29, 0.717) is 15.6 Å². The second-order valence-corrected chi connectivity index (χ2v) is 8.02. The number of carbonyl (C=O) groups is 1. The highest BCUT2D eigenvalue weighted by molar-refractivity contribution is 6.45. The highest BCUT2D eigenvalue weighted by Gasteiger charge is 2.43. The summed E-state index contributed by atoms with van der Waals surface area (Å²) in [6.45, 7) is 1.61. The maximum atomic E-state index is 13.3. The van der Waals surface area contributed by atoms with E-state index >= 15 is 0 Å². The monoisotopic (exact) mass is 413 g/mol. The lowest BCUT2D eigenvalue weighted by Crippen LogP contribution is -2.45. The number of hydrogen-bond donors (Lipinski definition) is 2. The van der Waals surface area contributed by atoms with Crippen LogP contribution in [0.15, 0.2) is 47.6 Å². The van der Waals surface area contributed by atoms with E-state index in [9.17, 15) is 4.79 Å². The van der Waals surface area contributed by atoms with Gasteiger partial charge in [0.15, 0.2) is 0 Å². The predicted molar refractivity (Wildman–Crippen MR) is 111 cm³/mol. The summed E-state index contributed by atoms with van der Waals surface area (Å²) in [6.07, 6.45) is 3.17. The van der Waals surface area contributed by atoms with Gasteiger partial charge in [0.25, 0.3) is 5.90 Å². The Balaban J connectivity index is 1.61. The lowest BCUT2D eigenvalue weighted by Gasteiger charge is -2.41. The average Bonchev–Trinajstić information content (AvgIpc) is 3.11.